The zero-order valence-corrected chi connectivity index (χ0v) is 12.3. The van der Waals surface area contributed by atoms with Crippen LogP contribution in [0.25, 0.3) is 0 Å². The highest BCUT2D eigenvalue weighted by atomic mass is 15.2. The molecule has 2 aromatic carbocycles. The van der Waals surface area contributed by atoms with E-state index < -0.39 is 0 Å². The molecule has 3 rings (SSSR count). The van der Waals surface area contributed by atoms with Crippen molar-refractivity contribution in [2.75, 3.05) is 5.32 Å². The molecule has 1 aromatic heterocycles. The van der Waals surface area contributed by atoms with Crippen LogP contribution in [-0.4, -0.2) is 9.55 Å². The van der Waals surface area contributed by atoms with Crippen LogP contribution in [0.2, 0.25) is 0 Å². The van der Waals surface area contributed by atoms with E-state index in [9.17, 15) is 0 Å². The Morgan fingerprint density at radius 2 is 1.57 bits per heavy atom. The number of benzene rings is 2. The number of nitrogens with zero attached hydrogens (tertiary/aromatic N) is 2. The lowest BCUT2D eigenvalue weighted by atomic mass is 10.1. The van der Waals surface area contributed by atoms with E-state index in [1.165, 1.54) is 5.56 Å². The average Bonchev–Trinajstić information content (AvgIpc) is 2.89. The molecule has 0 radical (unpaired) electrons. The van der Waals surface area contributed by atoms with E-state index in [1.807, 2.05) is 43.3 Å². The lowest BCUT2D eigenvalue weighted by molar-refractivity contribution is 0.646. The second kappa shape index (κ2) is 5.83. The molecule has 0 saturated heterocycles. The molecule has 0 amide bonds. The molecular formula is C18H19N3. The summed E-state index contributed by atoms with van der Waals surface area (Å²) in [5, 5.41) is 3.40. The molecule has 0 bridgehead atoms. The van der Waals surface area contributed by atoms with Crippen LogP contribution in [0.3, 0.4) is 0 Å². The van der Waals surface area contributed by atoms with Crippen molar-refractivity contribution in [3.8, 4) is 0 Å². The van der Waals surface area contributed by atoms with Crippen molar-refractivity contribution in [3.05, 3.63) is 78.1 Å². The standard InChI is InChI=1S/C18H19N3/c1-14-13-21(15(2)16-9-5-3-6-10-16)18(19-14)20-17-11-7-4-8-12-17/h3-13,15H,1-2H3,(H,19,20). The third-order valence-electron chi connectivity index (χ3n) is 3.58. The average molecular weight is 277 g/mol. The minimum absolute atomic E-state index is 0.235. The second-order valence-corrected chi connectivity index (χ2v) is 5.19. The van der Waals surface area contributed by atoms with Crippen molar-refractivity contribution in [1.82, 2.24) is 9.55 Å². The Morgan fingerprint density at radius 3 is 2.24 bits per heavy atom. The van der Waals surface area contributed by atoms with Gasteiger partial charge in [-0.15, -0.1) is 0 Å². The number of aryl methyl sites for hydroxylation is 1. The molecule has 3 heteroatoms. The van der Waals surface area contributed by atoms with Crippen molar-refractivity contribution in [3.63, 3.8) is 0 Å². The highest BCUT2D eigenvalue weighted by Gasteiger charge is 2.13. The highest BCUT2D eigenvalue weighted by molar-refractivity contribution is 5.54. The Hall–Kier alpha value is -2.55. The molecule has 0 aliphatic carbocycles. The zero-order chi connectivity index (χ0) is 14.7. The summed E-state index contributed by atoms with van der Waals surface area (Å²) in [6.07, 6.45) is 2.09. The van der Waals surface area contributed by atoms with Gasteiger partial charge in [0.25, 0.3) is 0 Å². The Kier molecular flexibility index (Phi) is 3.73. The fourth-order valence-corrected chi connectivity index (χ4v) is 2.45. The predicted octanol–water partition coefficient (Wildman–Crippen LogP) is 4.54. The number of hydrogen-bond donors (Lipinski definition) is 1. The molecule has 1 atom stereocenters. The number of para-hydroxylation sites is 1. The van der Waals surface area contributed by atoms with Crippen molar-refractivity contribution in [2.45, 2.75) is 19.9 Å². The van der Waals surface area contributed by atoms with Gasteiger partial charge < -0.3 is 9.88 Å². The van der Waals surface area contributed by atoms with E-state index in [-0.39, 0.29) is 6.04 Å². The quantitative estimate of drug-likeness (QED) is 0.758. The molecule has 1 N–H and O–H groups in total. The summed E-state index contributed by atoms with van der Waals surface area (Å²) in [5.41, 5.74) is 3.33. The monoisotopic (exact) mass is 277 g/mol. The fourth-order valence-electron chi connectivity index (χ4n) is 2.45. The van der Waals surface area contributed by atoms with E-state index in [0.29, 0.717) is 0 Å². The largest absolute Gasteiger partial charge is 0.326 e. The smallest absolute Gasteiger partial charge is 0.208 e. The summed E-state index contributed by atoms with van der Waals surface area (Å²) in [7, 11) is 0. The Bertz CT molecular complexity index is 702. The van der Waals surface area contributed by atoms with Gasteiger partial charge in [0.15, 0.2) is 0 Å². The van der Waals surface area contributed by atoms with Gasteiger partial charge >= 0.3 is 0 Å². The van der Waals surface area contributed by atoms with Crippen LogP contribution in [0, 0.1) is 6.92 Å². The third kappa shape index (κ3) is 2.97. The maximum atomic E-state index is 4.60. The summed E-state index contributed by atoms with van der Waals surface area (Å²) in [6, 6.07) is 20.8. The van der Waals surface area contributed by atoms with E-state index in [2.05, 4.69) is 52.3 Å². The highest BCUT2D eigenvalue weighted by Crippen LogP contribution is 2.24. The van der Waals surface area contributed by atoms with Gasteiger partial charge in [-0.1, -0.05) is 48.5 Å². The fraction of sp³-hybridized carbons (Fsp3) is 0.167. The van der Waals surface area contributed by atoms with Gasteiger partial charge in [0.1, 0.15) is 0 Å². The molecule has 3 aromatic rings. The van der Waals surface area contributed by atoms with Crippen LogP contribution in [0.5, 0.6) is 0 Å². The minimum Gasteiger partial charge on any atom is -0.326 e. The first-order chi connectivity index (χ1) is 10.2. The Labute approximate surface area is 125 Å². The maximum Gasteiger partial charge on any atom is 0.208 e. The lowest BCUT2D eigenvalue weighted by Gasteiger charge is -2.17. The van der Waals surface area contributed by atoms with Gasteiger partial charge in [0, 0.05) is 11.9 Å². The normalized spacial score (nSPS) is 12.1. The molecule has 0 saturated carbocycles. The summed E-state index contributed by atoms with van der Waals surface area (Å²) >= 11 is 0. The van der Waals surface area contributed by atoms with E-state index >= 15 is 0 Å². The molecular weight excluding hydrogens is 258 g/mol. The van der Waals surface area contributed by atoms with Crippen LogP contribution < -0.4 is 5.32 Å². The van der Waals surface area contributed by atoms with Crippen molar-refractivity contribution in [2.24, 2.45) is 0 Å². The molecule has 0 aliphatic rings. The second-order valence-electron chi connectivity index (χ2n) is 5.19. The summed E-state index contributed by atoms with van der Waals surface area (Å²) in [6.45, 7) is 4.21. The summed E-state index contributed by atoms with van der Waals surface area (Å²) in [5.74, 6) is 0.870. The van der Waals surface area contributed by atoms with E-state index in [0.717, 1.165) is 17.3 Å². The van der Waals surface area contributed by atoms with Gasteiger partial charge in [-0.25, -0.2) is 4.98 Å². The lowest BCUT2D eigenvalue weighted by Crippen LogP contribution is -2.09. The number of imidazole rings is 1. The van der Waals surface area contributed by atoms with Crippen LogP contribution in [0.1, 0.15) is 24.2 Å². The molecule has 0 fully saturated rings. The van der Waals surface area contributed by atoms with Gasteiger partial charge in [-0.2, -0.15) is 0 Å². The van der Waals surface area contributed by atoms with Crippen LogP contribution in [0.4, 0.5) is 11.6 Å². The minimum atomic E-state index is 0.235. The first-order valence-corrected chi connectivity index (χ1v) is 7.16. The molecule has 0 aliphatic heterocycles. The van der Waals surface area contributed by atoms with Gasteiger partial charge in [0.05, 0.1) is 11.7 Å². The van der Waals surface area contributed by atoms with Gasteiger partial charge in [-0.05, 0) is 31.5 Å². The molecule has 106 valence electrons. The molecule has 1 heterocycles. The third-order valence-corrected chi connectivity index (χ3v) is 3.58. The molecule has 21 heavy (non-hydrogen) atoms. The first-order valence-electron chi connectivity index (χ1n) is 7.16. The summed E-state index contributed by atoms with van der Waals surface area (Å²) < 4.78 is 2.18. The first kappa shape index (κ1) is 13.4. The molecule has 0 spiro atoms. The number of nitrogens with one attached hydrogen (secondary N) is 1. The topological polar surface area (TPSA) is 29.9 Å². The van der Waals surface area contributed by atoms with Gasteiger partial charge in [-0.3, -0.25) is 0 Å². The molecule has 1 unspecified atom stereocenters. The van der Waals surface area contributed by atoms with Crippen LogP contribution >= 0.6 is 0 Å². The van der Waals surface area contributed by atoms with Crippen molar-refractivity contribution < 1.29 is 0 Å². The number of anilines is 2. The number of aromatic nitrogens is 2. The van der Waals surface area contributed by atoms with E-state index in [1.54, 1.807) is 0 Å². The number of rotatable bonds is 4. The van der Waals surface area contributed by atoms with Crippen LogP contribution in [-0.2, 0) is 0 Å². The van der Waals surface area contributed by atoms with Crippen molar-refractivity contribution in [1.29, 1.82) is 0 Å². The maximum absolute atomic E-state index is 4.60. The Balaban J connectivity index is 1.93. The van der Waals surface area contributed by atoms with Crippen molar-refractivity contribution >= 4 is 11.6 Å². The van der Waals surface area contributed by atoms with Crippen LogP contribution in [0.15, 0.2) is 66.9 Å². The predicted molar refractivity (Wildman–Crippen MR) is 86.9 cm³/mol. The molecule has 3 nitrogen and oxygen atoms in total. The Morgan fingerprint density at radius 1 is 0.952 bits per heavy atom. The summed E-state index contributed by atoms with van der Waals surface area (Å²) in [4.78, 5) is 4.60. The van der Waals surface area contributed by atoms with Gasteiger partial charge in [0.2, 0.25) is 5.95 Å². The van der Waals surface area contributed by atoms with E-state index in [4.69, 9.17) is 0 Å². The zero-order valence-electron chi connectivity index (χ0n) is 12.3. The number of hydrogen-bond acceptors (Lipinski definition) is 2. The SMILES string of the molecule is Cc1cn(C(C)c2ccccc2)c(Nc2ccccc2)n1.